The summed E-state index contributed by atoms with van der Waals surface area (Å²) in [6.07, 6.45) is 5.92. The Hall–Kier alpha value is -2.17. The van der Waals surface area contributed by atoms with Gasteiger partial charge in [0.25, 0.3) is 5.91 Å². The molecule has 2 rings (SSSR count). The number of carbonyl (C=O) groups is 2. The molecule has 1 N–H and O–H groups in total. The summed E-state index contributed by atoms with van der Waals surface area (Å²) in [4.78, 5) is 29.2. The molecule has 0 aromatic carbocycles. The van der Waals surface area contributed by atoms with Crippen LogP contribution in [0.2, 0.25) is 0 Å². The monoisotopic (exact) mass is 274 g/mol. The van der Waals surface area contributed by atoms with Gasteiger partial charge in [0.2, 0.25) is 0 Å². The van der Waals surface area contributed by atoms with Gasteiger partial charge in [-0.2, -0.15) is 0 Å². The number of pyridine rings is 1. The van der Waals surface area contributed by atoms with E-state index < -0.39 is 5.97 Å². The van der Waals surface area contributed by atoms with E-state index in [0.29, 0.717) is 17.8 Å². The summed E-state index contributed by atoms with van der Waals surface area (Å²) in [6, 6.07) is 3.39. The van der Waals surface area contributed by atoms with Crippen LogP contribution < -0.4 is 0 Å². The van der Waals surface area contributed by atoms with Crippen LogP contribution in [0.3, 0.4) is 0 Å². The Balaban J connectivity index is 2.33. The molecule has 1 amide bonds. The van der Waals surface area contributed by atoms with Crippen LogP contribution in [0, 0.1) is 0 Å². The van der Waals surface area contributed by atoms with E-state index in [1.807, 2.05) is 18.7 Å². The number of amides is 1. The van der Waals surface area contributed by atoms with Crippen molar-refractivity contribution < 1.29 is 14.7 Å². The van der Waals surface area contributed by atoms with E-state index >= 15 is 0 Å². The maximum atomic E-state index is 12.6. The molecule has 1 aliphatic rings. The van der Waals surface area contributed by atoms with Gasteiger partial charge < -0.3 is 10.0 Å². The smallest absolute Gasteiger partial charge is 0.328 e. The van der Waals surface area contributed by atoms with E-state index in [4.69, 9.17) is 5.11 Å². The molecule has 0 spiro atoms. The normalized spacial score (nSPS) is 17.6. The van der Waals surface area contributed by atoms with Gasteiger partial charge in [-0.1, -0.05) is 6.07 Å². The number of rotatable bonds is 3. The first-order valence-corrected chi connectivity index (χ1v) is 6.60. The fraction of sp³-hybridized carbons (Fsp3) is 0.400. The molecule has 1 aromatic rings. The number of nitrogens with zero attached hydrogens (tertiary/aromatic N) is 2. The SMILES string of the molecule is CC1(C)CCCN1C(=O)c1ncccc1/C=C/C(=O)O. The quantitative estimate of drug-likeness (QED) is 0.858. The average Bonchev–Trinajstić information content (AvgIpc) is 2.75. The molecule has 0 saturated carbocycles. The molecular weight excluding hydrogens is 256 g/mol. The minimum atomic E-state index is -1.05. The number of aliphatic carboxylic acids is 1. The van der Waals surface area contributed by atoms with Crippen LogP contribution in [0.15, 0.2) is 24.4 Å². The number of hydrogen-bond donors (Lipinski definition) is 1. The van der Waals surface area contributed by atoms with Crippen molar-refractivity contribution in [3.8, 4) is 0 Å². The van der Waals surface area contributed by atoms with E-state index in [1.165, 1.54) is 6.08 Å². The lowest BCUT2D eigenvalue weighted by atomic mass is 10.0. The highest BCUT2D eigenvalue weighted by atomic mass is 16.4. The van der Waals surface area contributed by atoms with Gasteiger partial charge in [-0.05, 0) is 38.8 Å². The number of aromatic nitrogens is 1. The zero-order chi connectivity index (χ0) is 14.8. The summed E-state index contributed by atoms with van der Waals surface area (Å²) in [5.74, 6) is -1.19. The van der Waals surface area contributed by atoms with Crippen LogP contribution in [0.4, 0.5) is 0 Å². The summed E-state index contributed by atoms with van der Waals surface area (Å²) < 4.78 is 0. The first-order chi connectivity index (χ1) is 9.42. The number of carboxylic acids is 1. The van der Waals surface area contributed by atoms with Crippen molar-refractivity contribution in [1.29, 1.82) is 0 Å². The van der Waals surface area contributed by atoms with E-state index in [9.17, 15) is 9.59 Å². The molecule has 0 radical (unpaired) electrons. The molecule has 1 saturated heterocycles. The maximum absolute atomic E-state index is 12.6. The van der Waals surface area contributed by atoms with Crippen molar-refractivity contribution in [3.05, 3.63) is 35.7 Å². The van der Waals surface area contributed by atoms with Crippen molar-refractivity contribution >= 4 is 18.0 Å². The minimum absolute atomic E-state index is 0.141. The van der Waals surface area contributed by atoms with Crippen LogP contribution in [0.1, 0.15) is 42.7 Å². The molecule has 1 aromatic heterocycles. The summed E-state index contributed by atoms with van der Waals surface area (Å²) in [5.41, 5.74) is 0.658. The lowest BCUT2D eigenvalue weighted by molar-refractivity contribution is -0.131. The minimum Gasteiger partial charge on any atom is -0.478 e. The number of hydrogen-bond acceptors (Lipinski definition) is 3. The van der Waals surface area contributed by atoms with Gasteiger partial charge in [0.15, 0.2) is 0 Å². The summed E-state index contributed by atoms with van der Waals surface area (Å²) >= 11 is 0. The third kappa shape index (κ3) is 2.87. The van der Waals surface area contributed by atoms with E-state index in [2.05, 4.69) is 4.98 Å². The first-order valence-electron chi connectivity index (χ1n) is 6.60. The van der Waals surface area contributed by atoms with Crippen LogP contribution in [0.5, 0.6) is 0 Å². The zero-order valence-electron chi connectivity index (χ0n) is 11.7. The molecule has 5 heteroatoms. The van der Waals surface area contributed by atoms with Gasteiger partial charge in [-0.15, -0.1) is 0 Å². The Morgan fingerprint density at radius 1 is 1.45 bits per heavy atom. The standard InChI is InChI=1S/C15H18N2O3/c1-15(2)8-4-10-17(15)14(20)13-11(5-3-9-16-13)6-7-12(18)19/h3,5-7,9H,4,8,10H2,1-2H3,(H,18,19)/b7-6+. The topological polar surface area (TPSA) is 70.5 Å². The number of likely N-dealkylation sites (tertiary alicyclic amines) is 1. The largest absolute Gasteiger partial charge is 0.478 e. The van der Waals surface area contributed by atoms with Crippen molar-refractivity contribution in [1.82, 2.24) is 9.88 Å². The zero-order valence-corrected chi connectivity index (χ0v) is 11.7. The van der Waals surface area contributed by atoms with Crippen LogP contribution in [-0.4, -0.2) is 39.0 Å². The predicted octanol–water partition coefficient (Wildman–Crippen LogP) is 2.19. The van der Waals surface area contributed by atoms with E-state index in [0.717, 1.165) is 18.9 Å². The Morgan fingerprint density at radius 3 is 2.80 bits per heavy atom. The van der Waals surface area contributed by atoms with Crippen LogP contribution >= 0.6 is 0 Å². The molecule has 20 heavy (non-hydrogen) atoms. The van der Waals surface area contributed by atoms with Gasteiger partial charge in [0, 0.05) is 29.9 Å². The molecular formula is C15H18N2O3. The van der Waals surface area contributed by atoms with E-state index in [1.54, 1.807) is 18.3 Å². The van der Waals surface area contributed by atoms with Gasteiger partial charge in [0.1, 0.15) is 5.69 Å². The van der Waals surface area contributed by atoms with Crippen molar-refractivity contribution in [3.63, 3.8) is 0 Å². The van der Waals surface area contributed by atoms with Gasteiger partial charge >= 0.3 is 5.97 Å². The fourth-order valence-corrected chi connectivity index (χ4v) is 2.50. The van der Waals surface area contributed by atoms with Crippen LogP contribution in [-0.2, 0) is 4.79 Å². The third-order valence-corrected chi connectivity index (χ3v) is 3.59. The Labute approximate surface area is 117 Å². The molecule has 0 unspecified atom stereocenters. The highest BCUT2D eigenvalue weighted by molar-refractivity contribution is 5.97. The highest BCUT2D eigenvalue weighted by Crippen LogP contribution is 2.30. The molecule has 0 atom stereocenters. The Kier molecular flexibility index (Phi) is 3.88. The second-order valence-corrected chi connectivity index (χ2v) is 5.49. The van der Waals surface area contributed by atoms with Gasteiger partial charge in [-0.3, -0.25) is 9.78 Å². The van der Waals surface area contributed by atoms with Crippen molar-refractivity contribution in [2.75, 3.05) is 6.54 Å². The third-order valence-electron chi connectivity index (χ3n) is 3.59. The lowest BCUT2D eigenvalue weighted by Gasteiger charge is -2.31. The predicted molar refractivity (Wildman–Crippen MR) is 75.3 cm³/mol. The summed E-state index contributed by atoms with van der Waals surface area (Å²) in [6.45, 7) is 4.78. The van der Waals surface area contributed by atoms with Gasteiger partial charge in [0.05, 0.1) is 0 Å². The molecule has 0 bridgehead atoms. The second kappa shape index (κ2) is 5.45. The number of carboxylic acid groups (broad SMARTS) is 1. The van der Waals surface area contributed by atoms with Gasteiger partial charge in [-0.25, -0.2) is 4.79 Å². The van der Waals surface area contributed by atoms with Crippen molar-refractivity contribution in [2.45, 2.75) is 32.2 Å². The van der Waals surface area contributed by atoms with Crippen LogP contribution in [0.25, 0.3) is 6.08 Å². The molecule has 106 valence electrons. The molecule has 2 heterocycles. The lowest BCUT2D eigenvalue weighted by Crippen LogP contribution is -2.43. The fourth-order valence-electron chi connectivity index (χ4n) is 2.50. The van der Waals surface area contributed by atoms with E-state index in [-0.39, 0.29) is 11.4 Å². The van der Waals surface area contributed by atoms with Crippen molar-refractivity contribution in [2.24, 2.45) is 0 Å². The molecule has 0 aliphatic carbocycles. The summed E-state index contributed by atoms with van der Waals surface area (Å²) in [7, 11) is 0. The first kappa shape index (κ1) is 14.2. The Morgan fingerprint density at radius 2 is 2.20 bits per heavy atom. The average molecular weight is 274 g/mol. The number of carbonyl (C=O) groups excluding carboxylic acids is 1. The summed E-state index contributed by atoms with van der Waals surface area (Å²) in [5, 5.41) is 8.70. The molecule has 1 fully saturated rings. The Bertz CT molecular complexity index is 564. The highest BCUT2D eigenvalue weighted by Gasteiger charge is 2.36. The second-order valence-electron chi connectivity index (χ2n) is 5.49. The molecule has 5 nitrogen and oxygen atoms in total. The maximum Gasteiger partial charge on any atom is 0.328 e. The molecule has 1 aliphatic heterocycles.